The van der Waals surface area contributed by atoms with E-state index in [4.69, 9.17) is 23.2 Å². The fourth-order valence-corrected chi connectivity index (χ4v) is 3.40. The fraction of sp³-hybridized carbons (Fsp3) is 0.133. The molecule has 0 atom stereocenters. The smallest absolute Gasteiger partial charge is 0.124 e. The maximum Gasteiger partial charge on any atom is 0.124 e. The monoisotopic (exact) mass is 434 g/mol. The van der Waals surface area contributed by atoms with E-state index in [0.717, 1.165) is 26.1 Å². The molecule has 3 rings (SSSR count). The summed E-state index contributed by atoms with van der Waals surface area (Å²) in [7, 11) is 0. The molecule has 6 heteroatoms. The van der Waals surface area contributed by atoms with Gasteiger partial charge in [-0.25, -0.2) is 9.37 Å². The summed E-state index contributed by atoms with van der Waals surface area (Å²) in [6, 6.07) is 10.3. The second kappa shape index (κ2) is 6.10. The molecule has 0 aliphatic rings. The van der Waals surface area contributed by atoms with Crippen LogP contribution < -0.4 is 0 Å². The largest absolute Gasteiger partial charge is 0.295 e. The molecule has 0 N–H and O–H groups in total. The molecule has 1 aromatic heterocycles. The third-order valence-electron chi connectivity index (χ3n) is 3.17. The van der Waals surface area contributed by atoms with Crippen molar-refractivity contribution in [3.63, 3.8) is 0 Å². The summed E-state index contributed by atoms with van der Waals surface area (Å²) in [6.45, 7) is 0. The average Bonchev–Trinajstić information content (AvgIpc) is 2.79. The molecule has 0 bridgehead atoms. The Morgan fingerprint density at radius 1 is 1.24 bits per heavy atom. The highest BCUT2D eigenvalue weighted by Crippen LogP contribution is 2.29. The van der Waals surface area contributed by atoms with Gasteiger partial charge in [0.25, 0.3) is 0 Å². The zero-order valence-electron chi connectivity index (χ0n) is 10.8. The highest BCUT2D eigenvalue weighted by atomic mass is 127. The van der Waals surface area contributed by atoms with E-state index >= 15 is 0 Å². The molecule has 0 fully saturated rings. The van der Waals surface area contributed by atoms with Crippen molar-refractivity contribution in [1.29, 1.82) is 0 Å². The van der Waals surface area contributed by atoms with Crippen LogP contribution in [0.25, 0.3) is 16.7 Å². The molecule has 0 spiro atoms. The third-order valence-corrected chi connectivity index (χ3v) is 4.53. The van der Waals surface area contributed by atoms with Crippen LogP contribution in [-0.2, 0) is 6.42 Å². The Labute approximate surface area is 145 Å². The van der Waals surface area contributed by atoms with Crippen LogP contribution in [0.3, 0.4) is 0 Å². The summed E-state index contributed by atoms with van der Waals surface area (Å²) in [5.74, 6) is 1.01. The lowest BCUT2D eigenvalue weighted by Gasteiger charge is -2.11. The van der Waals surface area contributed by atoms with Crippen molar-refractivity contribution >= 4 is 56.8 Å². The Morgan fingerprint density at radius 3 is 2.76 bits per heavy atom. The summed E-state index contributed by atoms with van der Waals surface area (Å²) in [6.07, 6.45) is 0.611. The van der Waals surface area contributed by atoms with E-state index in [1.165, 1.54) is 12.1 Å². The first kappa shape index (κ1) is 15.1. The lowest BCUT2D eigenvalue weighted by Crippen LogP contribution is -2.04. The number of hydrogen-bond donors (Lipinski definition) is 0. The van der Waals surface area contributed by atoms with Gasteiger partial charge >= 0.3 is 0 Å². The summed E-state index contributed by atoms with van der Waals surface area (Å²) < 4.78 is 16.1. The topological polar surface area (TPSA) is 17.8 Å². The van der Waals surface area contributed by atoms with Gasteiger partial charge in [0.1, 0.15) is 17.2 Å². The molecule has 1 heterocycles. The number of imidazole rings is 1. The molecular weight excluding hydrogens is 425 g/mol. The van der Waals surface area contributed by atoms with Crippen molar-refractivity contribution in [3.05, 3.63) is 56.6 Å². The predicted molar refractivity (Wildman–Crippen MR) is 93.2 cm³/mol. The van der Waals surface area contributed by atoms with Gasteiger partial charge in [0.2, 0.25) is 0 Å². The maximum absolute atomic E-state index is 13.3. The van der Waals surface area contributed by atoms with Gasteiger partial charge in [0.05, 0.1) is 16.2 Å². The van der Waals surface area contributed by atoms with Gasteiger partial charge in [-0.3, -0.25) is 4.57 Å². The number of aryl methyl sites for hydroxylation is 1. The van der Waals surface area contributed by atoms with Gasteiger partial charge in [-0.15, -0.1) is 11.6 Å². The van der Waals surface area contributed by atoms with Crippen molar-refractivity contribution < 1.29 is 4.39 Å². The summed E-state index contributed by atoms with van der Waals surface area (Å²) in [5, 5.41) is 0.596. The Hall–Kier alpha value is -0.850. The predicted octanol–water partition coefficient (Wildman–Crippen LogP) is 5.20. The maximum atomic E-state index is 13.3. The van der Waals surface area contributed by atoms with Gasteiger partial charge in [0, 0.05) is 15.9 Å². The molecule has 2 aromatic carbocycles. The minimum Gasteiger partial charge on any atom is -0.295 e. The van der Waals surface area contributed by atoms with Crippen molar-refractivity contribution in [2.24, 2.45) is 0 Å². The second-order valence-corrected chi connectivity index (χ2v) is 6.45. The second-order valence-electron chi connectivity index (χ2n) is 4.51. The number of fused-ring (bicyclic) bond motifs is 1. The van der Waals surface area contributed by atoms with Crippen molar-refractivity contribution in [1.82, 2.24) is 9.55 Å². The number of rotatable bonds is 3. The third kappa shape index (κ3) is 2.76. The minimum atomic E-state index is -0.260. The van der Waals surface area contributed by atoms with Gasteiger partial charge in [-0.05, 0) is 52.9 Å². The van der Waals surface area contributed by atoms with Crippen LogP contribution in [0.15, 0.2) is 36.4 Å². The van der Waals surface area contributed by atoms with Crippen molar-refractivity contribution in [3.8, 4) is 5.69 Å². The van der Waals surface area contributed by atoms with Gasteiger partial charge in [-0.1, -0.05) is 17.7 Å². The number of aromatic nitrogens is 2. The van der Waals surface area contributed by atoms with E-state index in [-0.39, 0.29) is 5.82 Å². The van der Waals surface area contributed by atoms with Gasteiger partial charge < -0.3 is 0 Å². The lowest BCUT2D eigenvalue weighted by molar-refractivity contribution is 0.626. The number of para-hydroxylation sites is 1. The Morgan fingerprint density at radius 2 is 2.05 bits per heavy atom. The fourth-order valence-electron chi connectivity index (χ4n) is 2.30. The number of alkyl halides is 1. The van der Waals surface area contributed by atoms with Crippen molar-refractivity contribution in [2.45, 2.75) is 6.42 Å². The lowest BCUT2D eigenvalue weighted by atomic mass is 10.2. The van der Waals surface area contributed by atoms with Crippen LogP contribution in [0, 0.1) is 9.39 Å². The molecule has 0 aliphatic heterocycles. The molecule has 0 amide bonds. The van der Waals surface area contributed by atoms with E-state index in [9.17, 15) is 4.39 Å². The SMILES string of the molecule is Fc1ccc(-n2c(CCCl)nc3c(Cl)cccc32)c(I)c1. The van der Waals surface area contributed by atoms with Crippen LogP contribution in [0.5, 0.6) is 0 Å². The molecule has 21 heavy (non-hydrogen) atoms. The normalized spacial score (nSPS) is 11.2. The standard InChI is InChI=1S/C15H10Cl2FIN2/c16-7-6-14-20-15-10(17)2-1-3-13(15)21(14)12-5-4-9(18)8-11(12)19/h1-5,8H,6-7H2. The molecule has 0 saturated carbocycles. The van der Waals surface area contributed by atoms with Gasteiger partial charge in [0.15, 0.2) is 0 Å². The molecular formula is C15H10Cl2FIN2. The number of halogens is 4. The number of benzene rings is 2. The molecule has 0 radical (unpaired) electrons. The molecule has 3 aromatic rings. The molecule has 2 nitrogen and oxygen atoms in total. The molecule has 108 valence electrons. The quantitative estimate of drug-likeness (QED) is 0.409. The summed E-state index contributed by atoms with van der Waals surface area (Å²) >= 11 is 14.2. The average molecular weight is 435 g/mol. The van der Waals surface area contributed by atoms with Crippen LogP contribution in [0.2, 0.25) is 5.02 Å². The van der Waals surface area contributed by atoms with Crippen LogP contribution in [-0.4, -0.2) is 15.4 Å². The zero-order chi connectivity index (χ0) is 15.0. The first-order chi connectivity index (χ1) is 10.1. The molecule has 0 saturated heterocycles. The van der Waals surface area contributed by atoms with Gasteiger partial charge in [-0.2, -0.15) is 0 Å². The van der Waals surface area contributed by atoms with Crippen LogP contribution in [0.1, 0.15) is 5.82 Å². The highest BCUT2D eigenvalue weighted by molar-refractivity contribution is 14.1. The summed E-state index contributed by atoms with van der Waals surface area (Å²) in [5.41, 5.74) is 2.51. The Kier molecular flexibility index (Phi) is 4.38. The Balaban J connectivity index is 2.33. The van der Waals surface area contributed by atoms with Crippen LogP contribution in [0.4, 0.5) is 4.39 Å². The van der Waals surface area contributed by atoms with E-state index in [0.29, 0.717) is 17.3 Å². The first-order valence-electron chi connectivity index (χ1n) is 6.29. The highest BCUT2D eigenvalue weighted by Gasteiger charge is 2.16. The Bertz CT molecular complexity index is 817. The summed E-state index contributed by atoms with van der Waals surface area (Å²) in [4.78, 5) is 4.59. The van der Waals surface area contributed by atoms with E-state index in [2.05, 4.69) is 27.6 Å². The molecule has 0 unspecified atom stereocenters. The zero-order valence-corrected chi connectivity index (χ0v) is 14.5. The number of hydrogen-bond acceptors (Lipinski definition) is 1. The van der Waals surface area contributed by atoms with E-state index in [1.807, 2.05) is 16.7 Å². The van der Waals surface area contributed by atoms with Crippen LogP contribution >= 0.6 is 45.8 Å². The van der Waals surface area contributed by atoms with E-state index < -0.39 is 0 Å². The first-order valence-corrected chi connectivity index (χ1v) is 8.28. The van der Waals surface area contributed by atoms with E-state index in [1.54, 1.807) is 12.1 Å². The van der Waals surface area contributed by atoms with Crippen molar-refractivity contribution in [2.75, 3.05) is 5.88 Å². The molecule has 0 aliphatic carbocycles. The minimum absolute atomic E-state index is 0.260. The number of nitrogens with zero attached hydrogens (tertiary/aromatic N) is 2.